The summed E-state index contributed by atoms with van der Waals surface area (Å²) in [6, 6.07) is 8.46. The first-order valence-electron chi connectivity index (χ1n) is 6.49. The van der Waals surface area contributed by atoms with Crippen molar-refractivity contribution in [3.63, 3.8) is 0 Å². The van der Waals surface area contributed by atoms with Gasteiger partial charge in [0.1, 0.15) is 5.75 Å². The van der Waals surface area contributed by atoms with E-state index >= 15 is 0 Å². The summed E-state index contributed by atoms with van der Waals surface area (Å²) >= 11 is 4.45. The van der Waals surface area contributed by atoms with E-state index in [0.29, 0.717) is 11.3 Å². The normalized spacial score (nSPS) is 17.9. The average molecular weight is 250 g/mol. The fourth-order valence-electron chi connectivity index (χ4n) is 2.22. The molecule has 0 heterocycles. The Morgan fingerprint density at radius 1 is 1.35 bits per heavy atom. The molecular weight excluding hydrogens is 228 g/mol. The van der Waals surface area contributed by atoms with Gasteiger partial charge in [0.05, 0.1) is 6.61 Å². The number of hydrogen-bond acceptors (Lipinski definition) is 2. The van der Waals surface area contributed by atoms with Gasteiger partial charge in [-0.1, -0.05) is 32.4 Å². The lowest BCUT2D eigenvalue weighted by molar-refractivity contribution is 0.0829. The summed E-state index contributed by atoms with van der Waals surface area (Å²) in [5.74, 6) is 2.50. The molecule has 2 rings (SSSR count). The number of hydrogen-bond donors (Lipinski definition) is 1. The molecule has 0 saturated heterocycles. The third-order valence-electron chi connectivity index (χ3n) is 3.82. The first kappa shape index (κ1) is 12.8. The SMILES string of the molecule is CC(C)c1cccc(OCC2(CS)CCC2)c1. The molecule has 0 atom stereocenters. The zero-order chi connectivity index (χ0) is 12.3. The zero-order valence-electron chi connectivity index (χ0n) is 10.8. The van der Waals surface area contributed by atoms with Crippen molar-refractivity contribution in [1.82, 2.24) is 0 Å². The third-order valence-corrected chi connectivity index (χ3v) is 4.49. The van der Waals surface area contributed by atoms with E-state index in [2.05, 4.69) is 50.7 Å². The molecule has 2 heteroatoms. The van der Waals surface area contributed by atoms with Gasteiger partial charge in [0.15, 0.2) is 0 Å². The molecule has 1 fully saturated rings. The summed E-state index contributed by atoms with van der Waals surface area (Å²) in [6.07, 6.45) is 3.86. The molecule has 0 radical (unpaired) electrons. The lowest BCUT2D eigenvalue weighted by Gasteiger charge is -2.40. The van der Waals surface area contributed by atoms with Crippen LogP contribution in [-0.2, 0) is 0 Å². The summed E-state index contributed by atoms with van der Waals surface area (Å²) in [5, 5.41) is 0. The van der Waals surface area contributed by atoms with Crippen LogP contribution in [0.2, 0.25) is 0 Å². The lowest BCUT2D eigenvalue weighted by atomic mass is 9.71. The summed E-state index contributed by atoms with van der Waals surface area (Å²) in [7, 11) is 0. The van der Waals surface area contributed by atoms with E-state index in [1.807, 2.05) is 0 Å². The Morgan fingerprint density at radius 2 is 2.12 bits per heavy atom. The lowest BCUT2D eigenvalue weighted by Crippen LogP contribution is -2.37. The van der Waals surface area contributed by atoms with Crippen LogP contribution in [0.4, 0.5) is 0 Å². The molecule has 0 N–H and O–H groups in total. The second-order valence-electron chi connectivity index (χ2n) is 5.53. The zero-order valence-corrected chi connectivity index (χ0v) is 11.7. The second kappa shape index (κ2) is 5.34. The first-order chi connectivity index (χ1) is 8.15. The fourth-order valence-corrected chi connectivity index (χ4v) is 2.63. The van der Waals surface area contributed by atoms with Crippen LogP contribution in [0.25, 0.3) is 0 Å². The largest absolute Gasteiger partial charge is 0.493 e. The van der Waals surface area contributed by atoms with Crippen LogP contribution < -0.4 is 4.74 Å². The van der Waals surface area contributed by atoms with Crippen molar-refractivity contribution in [1.29, 1.82) is 0 Å². The van der Waals surface area contributed by atoms with Crippen LogP contribution in [0.1, 0.15) is 44.6 Å². The predicted octanol–water partition coefficient (Wildman–Crippen LogP) is 4.29. The average Bonchev–Trinajstić information content (AvgIpc) is 2.28. The standard InChI is InChI=1S/C15H22OS/c1-12(2)13-5-3-6-14(9-13)16-10-15(11-17)7-4-8-15/h3,5-6,9,12,17H,4,7-8,10-11H2,1-2H3. The minimum Gasteiger partial charge on any atom is -0.493 e. The fraction of sp³-hybridized carbons (Fsp3) is 0.600. The Labute approximate surface area is 110 Å². The number of rotatable bonds is 5. The van der Waals surface area contributed by atoms with E-state index in [-0.39, 0.29) is 0 Å². The van der Waals surface area contributed by atoms with Gasteiger partial charge in [-0.05, 0) is 42.2 Å². The highest BCUT2D eigenvalue weighted by Gasteiger charge is 2.36. The quantitative estimate of drug-likeness (QED) is 0.767. The van der Waals surface area contributed by atoms with Crippen LogP contribution in [-0.4, -0.2) is 12.4 Å². The van der Waals surface area contributed by atoms with Gasteiger partial charge in [-0.15, -0.1) is 0 Å². The molecule has 17 heavy (non-hydrogen) atoms. The maximum atomic E-state index is 5.95. The summed E-state index contributed by atoms with van der Waals surface area (Å²) < 4.78 is 5.95. The number of benzene rings is 1. The Morgan fingerprint density at radius 3 is 2.65 bits per heavy atom. The van der Waals surface area contributed by atoms with Crippen LogP contribution in [0.15, 0.2) is 24.3 Å². The van der Waals surface area contributed by atoms with Gasteiger partial charge >= 0.3 is 0 Å². The van der Waals surface area contributed by atoms with Crippen molar-refractivity contribution >= 4 is 12.6 Å². The third kappa shape index (κ3) is 2.98. The monoisotopic (exact) mass is 250 g/mol. The van der Waals surface area contributed by atoms with E-state index in [1.165, 1.54) is 24.8 Å². The molecule has 0 spiro atoms. The molecule has 0 bridgehead atoms. The highest BCUT2D eigenvalue weighted by molar-refractivity contribution is 7.80. The van der Waals surface area contributed by atoms with Crippen LogP contribution in [0, 0.1) is 5.41 Å². The van der Waals surface area contributed by atoms with Gasteiger partial charge in [0, 0.05) is 5.41 Å². The van der Waals surface area contributed by atoms with E-state index in [0.717, 1.165) is 18.1 Å². The maximum Gasteiger partial charge on any atom is 0.119 e. The summed E-state index contributed by atoms with van der Waals surface area (Å²) in [6.45, 7) is 5.23. The van der Waals surface area contributed by atoms with Crippen molar-refractivity contribution in [3.05, 3.63) is 29.8 Å². The van der Waals surface area contributed by atoms with Gasteiger partial charge in [-0.2, -0.15) is 12.6 Å². The smallest absolute Gasteiger partial charge is 0.119 e. The van der Waals surface area contributed by atoms with Crippen LogP contribution in [0.5, 0.6) is 5.75 Å². The van der Waals surface area contributed by atoms with Crippen molar-refractivity contribution in [2.45, 2.75) is 39.0 Å². The molecular formula is C15H22OS. The van der Waals surface area contributed by atoms with Crippen molar-refractivity contribution in [2.75, 3.05) is 12.4 Å². The molecule has 1 aromatic rings. The maximum absolute atomic E-state index is 5.95. The van der Waals surface area contributed by atoms with Crippen LogP contribution in [0.3, 0.4) is 0 Å². The van der Waals surface area contributed by atoms with E-state index in [4.69, 9.17) is 4.74 Å². The van der Waals surface area contributed by atoms with E-state index < -0.39 is 0 Å². The van der Waals surface area contributed by atoms with Gasteiger partial charge in [0.2, 0.25) is 0 Å². The summed E-state index contributed by atoms with van der Waals surface area (Å²) in [4.78, 5) is 0. The Kier molecular flexibility index (Phi) is 4.03. The molecule has 1 nitrogen and oxygen atoms in total. The topological polar surface area (TPSA) is 9.23 Å². The highest BCUT2D eigenvalue weighted by Crippen LogP contribution is 2.42. The van der Waals surface area contributed by atoms with E-state index in [1.54, 1.807) is 0 Å². The first-order valence-corrected chi connectivity index (χ1v) is 7.12. The molecule has 0 aliphatic heterocycles. The minimum atomic E-state index is 0.344. The number of thiol groups is 1. The van der Waals surface area contributed by atoms with Gasteiger partial charge < -0.3 is 4.74 Å². The van der Waals surface area contributed by atoms with Crippen molar-refractivity contribution in [3.8, 4) is 5.75 Å². The molecule has 0 aromatic heterocycles. The van der Waals surface area contributed by atoms with Crippen molar-refractivity contribution < 1.29 is 4.74 Å². The van der Waals surface area contributed by atoms with Gasteiger partial charge in [0.25, 0.3) is 0 Å². The number of ether oxygens (including phenoxy) is 1. The predicted molar refractivity (Wildman–Crippen MR) is 76.2 cm³/mol. The Hall–Kier alpha value is -0.630. The molecule has 1 aliphatic rings. The Balaban J connectivity index is 1.96. The van der Waals surface area contributed by atoms with Gasteiger partial charge in [-0.3, -0.25) is 0 Å². The molecule has 0 unspecified atom stereocenters. The summed E-state index contributed by atoms with van der Waals surface area (Å²) in [5.41, 5.74) is 1.69. The molecule has 94 valence electrons. The molecule has 1 aliphatic carbocycles. The second-order valence-corrected chi connectivity index (χ2v) is 5.84. The highest BCUT2D eigenvalue weighted by atomic mass is 32.1. The molecule has 1 saturated carbocycles. The van der Waals surface area contributed by atoms with Crippen molar-refractivity contribution in [2.24, 2.45) is 5.41 Å². The molecule has 0 amide bonds. The minimum absolute atomic E-state index is 0.344. The van der Waals surface area contributed by atoms with E-state index in [9.17, 15) is 0 Å². The molecule has 1 aromatic carbocycles. The Bertz CT molecular complexity index is 363. The van der Waals surface area contributed by atoms with Crippen LogP contribution >= 0.6 is 12.6 Å². The van der Waals surface area contributed by atoms with Gasteiger partial charge in [-0.25, -0.2) is 0 Å².